The van der Waals surface area contributed by atoms with Crippen LogP contribution in [0.5, 0.6) is 0 Å². The van der Waals surface area contributed by atoms with E-state index in [9.17, 15) is 23.2 Å². The highest BCUT2D eigenvalue weighted by Crippen LogP contribution is 2.31. The number of carbonyl (C=O) groups excluding carboxylic acids is 3. The number of anilines is 1. The number of fused-ring (bicyclic) bond motifs is 1. The molecule has 0 aliphatic carbocycles. The summed E-state index contributed by atoms with van der Waals surface area (Å²) < 4.78 is 91.6. The van der Waals surface area contributed by atoms with E-state index >= 15 is 0 Å². The van der Waals surface area contributed by atoms with Crippen molar-refractivity contribution in [1.82, 2.24) is 7.76 Å². The van der Waals surface area contributed by atoms with Gasteiger partial charge in [-0.2, -0.15) is 5.26 Å². The van der Waals surface area contributed by atoms with Crippen LogP contribution in [0, 0.1) is 23.0 Å². The van der Waals surface area contributed by atoms with Gasteiger partial charge in [0.15, 0.2) is 25.2 Å². The van der Waals surface area contributed by atoms with Crippen molar-refractivity contribution in [3.05, 3.63) is 23.3 Å². The SMILES string of the molecule is COCCOCCOCCOCCOCCOCCOC(=O)OCOCCOCCOC(=O)OCN(C(=O)CI)c1nc2c(F)cc(C#N)c(F)c2n1I. The van der Waals surface area contributed by atoms with Gasteiger partial charge < -0.3 is 56.8 Å². The number of ether oxygens (including phenoxy) is 12. The topological polar surface area (TPSA) is 207 Å². The molecule has 0 aliphatic heterocycles. The summed E-state index contributed by atoms with van der Waals surface area (Å²) in [7, 11) is 1.61. The van der Waals surface area contributed by atoms with E-state index in [1.54, 1.807) is 58.6 Å². The molecule has 1 heterocycles. The molecule has 54 heavy (non-hydrogen) atoms. The summed E-state index contributed by atoms with van der Waals surface area (Å²) in [6.07, 6.45) is -2.09. The maximum absolute atomic E-state index is 14.7. The largest absolute Gasteiger partial charge is 0.510 e. The van der Waals surface area contributed by atoms with Crippen LogP contribution in [0.3, 0.4) is 0 Å². The maximum Gasteiger partial charge on any atom is 0.510 e. The minimum Gasteiger partial charge on any atom is -0.432 e. The fourth-order valence-electron chi connectivity index (χ4n) is 3.75. The van der Waals surface area contributed by atoms with Crippen LogP contribution in [0.1, 0.15) is 5.56 Å². The summed E-state index contributed by atoms with van der Waals surface area (Å²) in [6, 6.07) is 2.26. The Kier molecular flexibility index (Phi) is 25.8. The Morgan fingerprint density at radius 2 is 1.20 bits per heavy atom. The van der Waals surface area contributed by atoms with Gasteiger partial charge in [0, 0.05) is 7.11 Å². The normalized spacial score (nSPS) is 11.0. The number of nitrogens with zero attached hydrogens (tertiary/aromatic N) is 4. The molecule has 1 aromatic heterocycles. The summed E-state index contributed by atoms with van der Waals surface area (Å²) in [6.45, 7) is 3.40. The van der Waals surface area contributed by atoms with Gasteiger partial charge in [-0.05, 0) is 6.07 Å². The highest BCUT2D eigenvalue weighted by molar-refractivity contribution is 14.1. The van der Waals surface area contributed by atoms with Crippen molar-refractivity contribution in [3.8, 4) is 6.07 Å². The van der Waals surface area contributed by atoms with Crippen molar-refractivity contribution in [2.75, 3.05) is 136 Å². The Balaban J connectivity index is 1.43. The Labute approximate surface area is 337 Å². The lowest BCUT2D eigenvalue weighted by molar-refractivity contribution is -0.116. The first-order chi connectivity index (χ1) is 26.2. The summed E-state index contributed by atoms with van der Waals surface area (Å²) >= 11 is 3.36. The highest BCUT2D eigenvalue weighted by atomic mass is 127. The Hall–Kier alpha value is -2.81. The number of rotatable bonds is 30. The molecule has 0 saturated carbocycles. The van der Waals surface area contributed by atoms with Crippen molar-refractivity contribution in [1.29, 1.82) is 5.26 Å². The van der Waals surface area contributed by atoms with E-state index in [0.717, 1.165) is 7.68 Å². The predicted molar refractivity (Wildman–Crippen MR) is 197 cm³/mol. The zero-order chi connectivity index (χ0) is 39.4. The summed E-state index contributed by atoms with van der Waals surface area (Å²) in [5.74, 6) is -2.80. The van der Waals surface area contributed by atoms with Gasteiger partial charge in [-0.3, -0.25) is 4.79 Å². The Bertz CT molecular complexity index is 1450. The molecule has 0 bridgehead atoms. The lowest BCUT2D eigenvalue weighted by Crippen LogP contribution is -2.36. The maximum atomic E-state index is 14.7. The minimum absolute atomic E-state index is 0.0265. The van der Waals surface area contributed by atoms with E-state index in [0.29, 0.717) is 72.1 Å². The first-order valence-electron chi connectivity index (χ1n) is 16.2. The summed E-state index contributed by atoms with van der Waals surface area (Å²) in [5.41, 5.74) is -1.30. The van der Waals surface area contributed by atoms with Crippen molar-refractivity contribution >= 4 is 80.7 Å². The number of aromatic nitrogens is 2. The van der Waals surface area contributed by atoms with E-state index in [1.807, 2.05) is 0 Å². The Morgan fingerprint density at radius 3 is 1.69 bits per heavy atom. The molecule has 23 heteroatoms. The second kappa shape index (κ2) is 29.5. The van der Waals surface area contributed by atoms with Crippen LogP contribution in [0.25, 0.3) is 11.0 Å². The van der Waals surface area contributed by atoms with Crippen LogP contribution in [-0.4, -0.2) is 157 Å². The van der Waals surface area contributed by atoms with Crippen molar-refractivity contribution in [2.24, 2.45) is 0 Å². The second-order valence-corrected chi connectivity index (χ2v) is 11.7. The molecule has 0 unspecified atom stereocenters. The number of halogens is 4. The smallest absolute Gasteiger partial charge is 0.432 e. The minimum atomic E-state index is -1.15. The molecule has 19 nitrogen and oxygen atoms in total. The molecule has 0 radical (unpaired) electrons. The third-order valence-electron chi connectivity index (χ3n) is 6.29. The van der Waals surface area contributed by atoms with Crippen LogP contribution >= 0.6 is 45.5 Å². The molecule has 2 aromatic rings. The van der Waals surface area contributed by atoms with Gasteiger partial charge in [-0.1, -0.05) is 22.6 Å². The van der Waals surface area contributed by atoms with Crippen molar-refractivity contribution in [2.45, 2.75) is 0 Å². The van der Waals surface area contributed by atoms with Crippen molar-refractivity contribution < 1.29 is 80.0 Å². The fraction of sp³-hybridized carbons (Fsp3) is 0.645. The van der Waals surface area contributed by atoms with Crippen LogP contribution in [0.15, 0.2) is 6.07 Å². The zero-order valence-corrected chi connectivity index (χ0v) is 33.8. The third kappa shape index (κ3) is 18.7. The standard InChI is InChI=1S/C31H42F2I2N4O15/c1-43-2-3-44-4-5-45-6-7-46-8-9-47-10-11-48-15-17-52-31(42)54-22-50-13-12-49-14-16-51-30(41)53-21-38(25(40)19-34)29-37-27-24(32)18-23(20-36)26(33)28(27)39(29)35/h18H,2-17,19,21-22H2,1H3. The van der Waals surface area contributed by atoms with Gasteiger partial charge >= 0.3 is 12.3 Å². The molecule has 0 saturated heterocycles. The zero-order valence-electron chi connectivity index (χ0n) is 29.4. The van der Waals surface area contributed by atoms with Crippen LogP contribution < -0.4 is 4.90 Å². The number of amides is 1. The molecule has 304 valence electrons. The number of nitriles is 1. The van der Waals surface area contributed by atoms with Gasteiger partial charge in [-0.15, -0.1) is 0 Å². The van der Waals surface area contributed by atoms with Crippen LogP contribution in [-0.2, 0) is 61.6 Å². The fourth-order valence-corrected chi connectivity index (χ4v) is 4.97. The molecular weight excluding hydrogens is 960 g/mol. The van der Waals surface area contributed by atoms with Gasteiger partial charge in [0.1, 0.15) is 30.3 Å². The molecule has 1 amide bonds. The van der Waals surface area contributed by atoms with Crippen LogP contribution in [0.2, 0.25) is 0 Å². The molecule has 0 atom stereocenters. The summed E-state index contributed by atoms with van der Waals surface area (Å²) in [4.78, 5) is 41.1. The molecule has 0 aliphatic rings. The molecule has 1 aromatic carbocycles. The van der Waals surface area contributed by atoms with E-state index in [1.165, 1.54) is 0 Å². The molecule has 0 fully saturated rings. The van der Waals surface area contributed by atoms with Crippen molar-refractivity contribution in [3.63, 3.8) is 0 Å². The Morgan fingerprint density at radius 1 is 0.741 bits per heavy atom. The average molecular weight is 1000 g/mol. The van der Waals surface area contributed by atoms with E-state index in [-0.39, 0.29) is 62.3 Å². The molecule has 0 spiro atoms. The van der Waals surface area contributed by atoms with Gasteiger partial charge in [0.2, 0.25) is 11.9 Å². The van der Waals surface area contributed by atoms with Crippen LogP contribution in [0.4, 0.5) is 24.3 Å². The lowest BCUT2D eigenvalue weighted by Gasteiger charge is -2.19. The number of hydrogen-bond acceptors (Lipinski definition) is 17. The molecule has 2 rings (SSSR count). The number of methoxy groups -OCH3 is 1. The van der Waals surface area contributed by atoms with E-state index in [4.69, 9.17) is 62.1 Å². The average Bonchev–Trinajstić information content (AvgIpc) is 3.52. The molecule has 0 N–H and O–H groups in total. The second-order valence-electron chi connectivity index (χ2n) is 9.98. The van der Waals surface area contributed by atoms with E-state index in [2.05, 4.69) is 4.98 Å². The number of imidazole rings is 1. The lowest BCUT2D eigenvalue weighted by atomic mass is 10.2. The molecular formula is C31H42F2I2N4O15. The predicted octanol–water partition coefficient (Wildman–Crippen LogP) is 3.14. The van der Waals surface area contributed by atoms with Gasteiger partial charge in [-0.25, -0.2) is 31.0 Å². The number of benzene rings is 1. The first kappa shape index (κ1) is 47.3. The number of carbonyl (C=O) groups is 3. The quantitative estimate of drug-likeness (QED) is 0.0362. The van der Waals surface area contributed by atoms with Gasteiger partial charge in [0.25, 0.3) is 0 Å². The first-order valence-corrected chi connectivity index (χ1v) is 18.7. The monoisotopic (exact) mass is 1000 g/mol. The summed E-state index contributed by atoms with van der Waals surface area (Å²) in [5, 5.41) is 9.07. The van der Waals surface area contributed by atoms with Gasteiger partial charge in [0.05, 0.1) is 125 Å². The van der Waals surface area contributed by atoms with E-state index < -0.39 is 47.7 Å². The number of hydrogen-bond donors (Lipinski definition) is 0. The number of alkyl halides is 1. The third-order valence-corrected chi connectivity index (χ3v) is 7.85. The highest BCUT2D eigenvalue weighted by Gasteiger charge is 2.27.